The molecule has 1 aliphatic heterocycles. The Hall–Kier alpha value is -2.57. The maximum Gasteiger partial charge on any atom is 0.294 e. The number of amides is 2. The number of aliphatic hydroxyl groups is 1. The van der Waals surface area contributed by atoms with Crippen molar-refractivity contribution < 1.29 is 14.7 Å². The zero-order valence-corrected chi connectivity index (χ0v) is 16.2. The molecule has 1 aromatic heterocycles. The van der Waals surface area contributed by atoms with Crippen LogP contribution in [-0.2, 0) is 16.1 Å². The van der Waals surface area contributed by atoms with E-state index in [1.54, 1.807) is 56.7 Å². The van der Waals surface area contributed by atoms with Crippen LogP contribution in [0.5, 0.6) is 0 Å². The van der Waals surface area contributed by atoms with E-state index in [0.29, 0.717) is 15.7 Å². The summed E-state index contributed by atoms with van der Waals surface area (Å²) in [7, 11) is 1.59. The topological polar surface area (TPSA) is 73.7 Å². The van der Waals surface area contributed by atoms with E-state index in [-0.39, 0.29) is 12.1 Å². The first-order valence-electron chi connectivity index (χ1n) is 8.17. The van der Waals surface area contributed by atoms with E-state index in [1.807, 2.05) is 0 Å². The number of aliphatic hydroxyl groups excluding tert-OH is 1. The van der Waals surface area contributed by atoms with Gasteiger partial charge in [0.2, 0.25) is 0 Å². The number of hydrogen-bond donors (Lipinski definition) is 1. The summed E-state index contributed by atoms with van der Waals surface area (Å²) in [4.78, 5) is 32.1. The molecule has 27 heavy (non-hydrogen) atoms. The number of pyridine rings is 1. The second-order valence-corrected chi connectivity index (χ2v) is 7.04. The fourth-order valence-electron chi connectivity index (χ4n) is 3.05. The average Bonchev–Trinajstić information content (AvgIpc) is 2.87. The van der Waals surface area contributed by atoms with Gasteiger partial charge in [-0.1, -0.05) is 29.3 Å². The molecule has 0 fully saturated rings. The van der Waals surface area contributed by atoms with Gasteiger partial charge >= 0.3 is 0 Å². The quantitative estimate of drug-likeness (QED) is 0.842. The summed E-state index contributed by atoms with van der Waals surface area (Å²) in [5.74, 6) is -1.58. The third-order valence-corrected chi connectivity index (χ3v) is 5.14. The van der Waals surface area contributed by atoms with Crippen molar-refractivity contribution in [3.8, 4) is 0 Å². The number of carbonyl (C=O) groups is 2. The molecule has 140 valence electrons. The van der Waals surface area contributed by atoms with Crippen LogP contribution >= 0.6 is 23.2 Å². The molecular formula is C19H17Cl2N3O3. The van der Waals surface area contributed by atoms with Gasteiger partial charge in [0, 0.05) is 31.7 Å². The van der Waals surface area contributed by atoms with Crippen molar-refractivity contribution in [3.05, 3.63) is 69.7 Å². The minimum atomic E-state index is -0.611. The first-order valence-corrected chi connectivity index (χ1v) is 8.93. The maximum atomic E-state index is 12.9. The summed E-state index contributed by atoms with van der Waals surface area (Å²) in [5, 5.41) is 11.1. The van der Waals surface area contributed by atoms with E-state index in [0.717, 1.165) is 5.56 Å². The van der Waals surface area contributed by atoms with E-state index >= 15 is 0 Å². The van der Waals surface area contributed by atoms with Crippen LogP contribution in [0.25, 0.3) is 0 Å². The van der Waals surface area contributed by atoms with Gasteiger partial charge in [-0.25, -0.2) is 0 Å². The Labute approximate surface area is 166 Å². The molecule has 1 atom stereocenters. The van der Waals surface area contributed by atoms with Crippen LogP contribution in [0.3, 0.4) is 0 Å². The molecule has 1 N–H and O–H groups in total. The third kappa shape index (κ3) is 3.63. The van der Waals surface area contributed by atoms with Gasteiger partial charge in [-0.3, -0.25) is 19.5 Å². The summed E-state index contributed by atoms with van der Waals surface area (Å²) in [6.07, 6.45) is 3.09. The molecule has 0 saturated heterocycles. The molecule has 0 radical (unpaired) electrons. The highest BCUT2D eigenvalue weighted by atomic mass is 35.5. The highest BCUT2D eigenvalue weighted by Crippen LogP contribution is 2.31. The van der Waals surface area contributed by atoms with E-state index in [2.05, 4.69) is 4.98 Å². The standard InChI is InChI=1S/C19H17Cl2N3O3/c1-11-16(17(25)19(27)24(11)13-5-7-22-8-6-13)18(26)23(2)10-12-3-4-14(20)15(21)9-12/h3-9,11,25H,10H2,1-2H3. The Bertz CT molecular complexity index is 931. The molecule has 2 heterocycles. The van der Waals surface area contributed by atoms with Crippen molar-refractivity contribution in [3.63, 3.8) is 0 Å². The Balaban J connectivity index is 1.82. The highest BCUT2D eigenvalue weighted by molar-refractivity contribution is 6.42. The van der Waals surface area contributed by atoms with Gasteiger partial charge in [0.25, 0.3) is 11.8 Å². The Morgan fingerprint density at radius 2 is 1.89 bits per heavy atom. The Morgan fingerprint density at radius 1 is 1.22 bits per heavy atom. The zero-order valence-electron chi connectivity index (χ0n) is 14.7. The van der Waals surface area contributed by atoms with Crippen LogP contribution in [0.15, 0.2) is 54.1 Å². The van der Waals surface area contributed by atoms with E-state index < -0.39 is 23.6 Å². The third-order valence-electron chi connectivity index (χ3n) is 4.40. The molecule has 2 amide bonds. The van der Waals surface area contributed by atoms with Gasteiger partial charge < -0.3 is 10.0 Å². The van der Waals surface area contributed by atoms with E-state index in [9.17, 15) is 14.7 Å². The van der Waals surface area contributed by atoms with Crippen molar-refractivity contribution in [2.45, 2.75) is 19.5 Å². The first-order chi connectivity index (χ1) is 12.8. The van der Waals surface area contributed by atoms with Gasteiger partial charge in [0.05, 0.1) is 21.7 Å². The van der Waals surface area contributed by atoms with Gasteiger partial charge in [0.15, 0.2) is 5.76 Å². The molecule has 0 spiro atoms. The Kier molecular flexibility index (Phi) is 5.39. The van der Waals surface area contributed by atoms with Gasteiger partial charge in [0.1, 0.15) is 0 Å². The SMILES string of the molecule is CC1C(C(=O)N(C)Cc2ccc(Cl)c(Cl)c2)=C(O)C(=O)N1c1ccncc1. The van der Waals surface area contributed by atoms with Crippen LogP contribution in [0, 0.1) is 0 Å². The molecule has 0 bridgehead atoms. The minimum Gasteiger partial charge on any atom is -0.503 e. The molecule has 1 aromatic carbocycles. The highest BCUT2D eigenvalue weighted by Gasteiger charge is 2.41. The maximum absolute atomic E-state index is 12.9. The van der Waals surface area contributed by atoms with Gasteiger partial charge in [-0.2, -0.15) is 0 Å². The molecule has 3 rings (SSSR count). The average molecular weight is 406 g/mol. The fraction of sp³-hybridized carbons (Fsp3) is 0.211. The lowest BCUT2D eigenvalue weighted by Gasteiger charge is -2.25. The summed E-state index contributed by atoms with van der Waals surface area (Å²) in [5.41, 5.74) is 1.40. The zero-order chi connectivity index (χ0) is 19.7. The lowest BCUT2D eigenvalue weighted by molar-refractivity contribution is -0.127. The predicted octanol–water partition coefficient (Wildman–Crippen LogP) is 3.59. The number of nitrogens with zero attached hydrogens (tertiary/aromatic N) is 3. The van der Waals surface area contributed by atoms with Crippen LogP contribution in [0.4, 0.5) is 5.69 Å². The van der Waals surface area contributed by atoms with Crippen molar-refractivity contribution in [2.75, 3.05) is 11.9 Å². The Morgan fingerprint density at radius 3 is 2.52 bits per heavy atom. The summed E-state index contributed by atoms with van der Waals surface area (Å²) < 4.78 is 0. The number of rotatable bonds is 4. The number of carbonyl (C=O) groups excluding carboxylic acids is 2. The van der Waals surface area contributed by atoms with Crippen LogP contribution in [-0.4, -0.2) is 39.9 Å². The largest absolute Gasteiger partial charge is 0.503 e. The minimum absolute atomic E-state index is 0.0550. The lowest BCUT2D eigenvalue weighted by atomic mass is 10.1. The summed E-state index contributed by atoms with van der Waals surface area (Å²) >= 11 is 11.9. The second kappa shape index (κ2) is 7.58. The van der Waals surface area contributed by atoms with E-state index in [1.165, 1.54) is 9.80 Å². The van der Waals surface area contributed by atoms with Crippen molar-refractivity contribution in [1.82, 2.24) is 9.88 Å². The number of halogens is 2. The molecule has 1 aliphatic rings. The number of benzene rings is 1. The first kappa shape index (κ1) is 19.2. The van der Waals surface area contributed by atoms with Crippen molar-refractivity contribution in [2.24, 2.45) is 0 Å². The molecule has 1 unspecified atom stereocenters. The number of likely N-dealkylation sites (N-methyl/N-ethyl adjacent to an activating group) is 1. The van der Waals surface area contributed by atoms with Crippen LogP contribution in [0.1, 0.15) is 12.5 Å². The van der Waals surface area contributed by atoms with E-state index in [4.69, 9.17) is 23.2 Å². The van der Waals surface area contributed by atoms with Crippen molar-refractivity contribution in [1.29, 1.82) is 0 Å². The molecule has 8 heteroatoms. The molecule has 0 aliphatic carbocycles. The number of anilines is 1. The van der Waals surface area contributed by atoms with Gasteiger partial charge in [-0.15, -0.1) is 0 Å². The smallest absolute Gasteiger partial charge is 0.294 e. The molecule has 0 saturated carbocycles. The second-order valence-electron chi connectivity index (χ2n) is 6.23. The normalized spacial score (nSPS) is 16.8. The number of hydrogen-bond acceptors (Lipinski definition) is 4. The summed E-state index contributed by atoms with van der Waals surface area (Å²) in [6.45, 7) is 1.95. The van der Waals surface area contributed by atoms with Crippen LogP contribution in [0.2, 0.25) is 10.0 Å². The lowest BCUT2D eigenvalue weighted by Crippen LogP contribution is -2.37. The number of aromatic nitrogens is 1. The van der Waals surface area contributed by atoms with Gasteiger partial charge in [-0.05, 0) is 36.8 Å². The molecular weight excluding hydrogens is 389 g/mol. The monoisotopic (exact) mass is 405 g/mol. The van der Waals surface area contributed by atoms with Crippen molar-refractivity contribution >= 4 is 40.7 Å². The fourth-order valence-corrected chi connectivity index (χ4v) is 3.37. The van der Waals surface area contributed by atoms with Crippen LogP contribution < -0.4 is 4.90 Å². The molecule has 6 nitrogen and oxygen atoms in total. The molecule has 2 aromatic rings. The summed E-state index contributed by atoms with van der Waals surface area (Å²) in [6, 6.07) is 7.78. The predicted molar refractivity (Wildman–Crippen MR) is 104 cm³/mol.